The van der Waals surface area contributed by atoms with Crippen LogP contribution >= 0.6 is 0 Å². The number of aliphatic hydroxyl groups is 1. The quantitative estimate of drug-likeness (QED) is 0.704. The summed E-state index contributed by atoms with van der Waals surface area (Å²) < 4.78 is 18.6. The van der Waals surface area contributed by atoms with E-state index in [1.165, 1.54) is 13.2 Å². The standard InChI is InChI=1S/C23H29FN4O3/c1-14-26-17(13-25-12-15-3-8-19(24)23(9-15)30-2)10-20(27-14)21-11-22(31-28-21)16-4-6-18(29)7-5-16/h3,8-10,16,18,22,25,29H,4-7,11-13H2,1-2H3. The molecule has 1 aliphatic carbocycles. The molecule has 2 aromatic rings. The van der Waals surface area contributed by atoms with Gasteiger partial charge >= 0.3 is 0 Å². The largest absolute Gasteiger partial charge is 0.494 e. The van der Waals surface area contributed by atoms with Crippen molar-refractivity contribution in [3.05, 3.63) is 52.9 Å². The Labute approximate surface area is 181 Å². The number of aromatic nitrogens is 2. The number of halogens is 1. The molecule has 1 fully saturated rings. The van der Waals surface area contributed by atoms with Crippen LogP contribution in [0.2, 0.25) is 0 Å². The van der Waals surface area contributed by atoms with Gasteiger partial charge in [0.25, 0.3) is 0 Å². The van der Waals surface area contributed by atoms with Gasteiger partial charge < -0.3 is 20.0 Å². The van der Waals surface area contributed by atoms with E-state index in [2.05, 4.69) is 20.4 Å². The molecule has 4 rings (SSSR count). The Morgan fingerprint density at radius 1 is 1.16 bits per heavy atom. The molecule has 0 bridgehead atoms. The molecular formula is C23H29FN4O3. The van der Waals surface area contributed by atoms with Crippen molar-refractivity contribution in [3.8, 4) is 5.75 Å². The second-order valence-corrected chi connectivity index (χ2v) is 8.32. The van der Waals surface area contributed by atoms with E-state index in [-0.39, 0.29) is 23.8 Å². The third-order valence-electron chi connectivity index (χ3n) is 6.00. The van der Waals surface area contributed by atoms with Crippen molar-refractivity contribution in [1.82, 2.24) is 15.3 Å². The molecule has 8 heteroatoms. The molecule has 0 saturated heterocycles. The van der Waals surface area contributed by atoms with Crippen molar-refractivity contribution >= 4 is 5.71 Å². The van der Waals surface area contributed by atoms with Crippen molar-refractivity contribution in [2.45, 2.75) is 64.3 Å². The summed E-state index contributed by atoms with van der Waals surface area (Å²) in [7, 11) is 1.46. The van der Waals surface area contributed by atoms with Crippen LogP contribution in [0.15, 0.2) is 29.4 Å². The number of nitrogens with zero attached hydrogens (tertiary/aromatic N) is 3. The van der Waals surface area contributed by atoms with E-state index in [4.69, 9.17) is 9.57 Å². The Bertz CT molecular complexity index is 944. The average molecular weight is 429 g/mol. The Morgan fingerprint density at radius 3 is 2.74 bits per heavy atom. The van der Waals surface area contributed by atoms with E-state index in [1.54, 1.807) is 12.1 Å². The first-order valence-corrected chi connectivity index (χ1v) is 10.8. The molecule has 2 heterocycles. The number of hydrogen-bond acceptors (Lipinski definition) is 7. The van der Waals surface area contributed by atoms with E-state index < -0.39 is 0 Å². The van der Waals surface area contributed by atoms with Crippen LogP contribution in [-0.2, 0) is 17.9 Å². The molecule has 1 saturated carbocycles. The number of hydrogen-bond donors (Lipinski definition) is 2. The summed E-state index contributed by atoms with van der Waals surface area (Å²) in [5.41, 5.74) is 3.44. The van der Waals surface area contributed by atoms with Gasteiger partial charge in [0.2, 0.25) is 0 Å². The van der Waals surface area contributed by atoms with Gasteiger partial charge in [-0.25, -0.2) is 14.4 Å². The smallest absolute Gasteiger partial charge is 0.165 e. The first kappa shape index (κ1) is 21.6. The molecule has 0 amide bonds. The fraction of sp³-hybridized carbons (Fsp3) is 0.522. The van der Waals surface area contributed by atoms with Crippen molar-refractivity contribution in [1.29, 1.82) is 0 Å². The van der Waals surface area contributed by atoms with Crippen LogP contribution in [0.1, 0.15) is 54.9 Å². The van der Waals surface area contributed by atoms with Gasteiger partial charge in [0.1, 0.15) is 17.6 Å². The van der Waals surface area contributed by atoms with Gasteiger partial charge in [-0.2, -0.15) is 0 Å². The van der Waals surface area contributed by atoms with Gasteiger partial charge in [-0.05, 0) is 62.3 Å². The topological polar surface area (TPSA) is 88.9 Å². The third kappa shape index (κ3) is 5.37. The molecule has 1 aromatic heterocycles. The van der Waals surface area contributed by atoms with Crippen LogP contribution in [0.5, 0.6) is 5.75 Å². The Morgan fingerprint density at radius 2 is 1.97 bits per heavy atom. The lowest BCUT2D eigenvalue weighted by atomic mass is 9.82. The maximum atomic E-state index is 13.6. The number of methoxy groups -OCH3 is 1. The Hall–Kier alpha value is -2.58. The van der Waals surface area contributed by atoms with Crippen LogP contribution in [0.25, 0.3) is 0 Å². The van der Waals surface area contributed by atoms with Gasteiger partial charge in [0.15, 0.2) is 11.6 Å². The number of benzene rings is 1. The number of aliphatic hydroxyl groups excluding tert-OH is 1. The van der Waals surface area contributed by atoms with Crippen LogP contribution in [0.4, 0.5) is 4.39 Å². The summed E-state index contributed by atoms with van der Waals surface area (Å²) in [6.07, 6.45) is 4.24. The number of aryl methyl sites for hydroxylation is 1. The molecule has 2 aliphatic rings. The second kappa shape index (κ2) is 9.70. The van der Waals surface area contributed by atoms with E-state index in [0.29, 0.717) is 24.8 Å². The minimum absolute atomic E-state index is 0.0628. The molecule has 1 aliphatic heterocycles. The molecule has 166 valence electrons. The molecule has 7 nitrogen and oxygen atoms in total. The van der Waals surface area contributed by atoms with E-state index in [9.17, 15) is 9.50 Å². The SMILES string of the molecule is COc1cc(CNCc2cc(C3=NOC(C4CCC(O)CC4)C3)nc(C)n2)ccc1F. The number of nitrogens with one attached hydrogen (secondary N) is 1. The maximum absolute atomic E-state index is 13.6. The van der Waals surface area contributed by atoms with Gasteiger partial charge in [0.05, 0.1) is 24.6 Å². The summed E-state index contributed by atoms with van der Waals surface area (Å²) in [5.74, 6) is 0.983. The number of oxime groups is 1. The van der Waals surface area contributed by atoms with E-state index >= 15 is 0 Å². The highest BCUT2D eigenvalue weighted by Crippen LogP contribution is 2.33. The van der Waals surface area contributed by atoms with Crippen molar-refractivity contribution in [3.63, 3.8) is 0 Å². The molecule has 1 unspecified atom stereocenters. The molecule has 0 radical (unpaired) electrons. The lowest BCUT2D eigenvalue weighted by Gasteiger charge is -2.28. The van der Waals surface area contributed by atoms with Crippen LogP contribution in [-0.4, -0.2) is 40.1 Å². The molecular weight excluding hydrogens is 399 g/mol. The molecule has 1 aromatic carbocycles. The fourth-order valence-corrected chi connectivity index (χ4v) is 4.29. The van der Waals surface area contributed by atoms with Gasteiger partial charge in [0, 0.05) is 19.5 Å². The van der Waals surface area contributed by atoms with Crippen LogP contribution in [0.3, 0.4) is 0 Å². The zero-order chi connectivity index (χ0) is 21.8. The summed E-state index contributed by atoms with van der Waals surface area (Å²) in [6, 6.07) is 6.77. The average Bonchev–Trinajstić information content (AvgIpc) is 3.25. The van der Waals surface area contributed by atoms with E-state index in [0.717, 1.165) is 54.8 Å². The highest BCUT2D eigenvalue weighted by Gasteiger charge is 2.33. The first-order chi connectivity index (χ1) is 15.0. The Balaban J connectivity index is 1.35. The predicted molar refractivity (Wildman–Crippen MR) is 114 cm³/mol. The minimum Gasteiger partial charge on any atom is -0.494 e. The lowest BCUT2D eigenvalue weighted by molar-refractivity contribution is 0.00615. The fourth-order valence-electron chi connectivity index (χ4n) is 4.29. The van der Waals surface area contributed by atoms with Crippen molar-refractivity contribution in [2.75, 3.05) is 7.11 Å². The van der Waals surface area contributed by atoms with Crippen molar-refractivity contribution < 1.29 is 19.1 Å². The van der Waals surface area contributed by atoms with Gasteiger partial charge in [-0.15, -0.1) is 0 Å². The first-order valence-electron chi connectivity index (χ1n) is 10.8. The molecule has 31 heavy (non-hydrogen) atoms. The van der Waals surface area contributed by atoms with Gasteiger partial charge in [-0.3, -0.25) is 0 Å². The summed E-state index contributed by atoms with van der Waals surface area (Å²) >= 11 is 0. The zero-order valence-corrected chi connectivity index (χ0v) is 18.0. The molecule has 1 atom stereocenters. The predicted octanol–water partition coefficient (Wildman–Crippen LogP) is 3.27. The highest BCUT2D eigenvalue weighted by atomic mass is 19.1. The lowest BCUT2D eigenvalue weighted by Crippen LogP contribution is -2.28. The summed E-state index contributed by atoms with van der Waals surface area (Å²) in [4.78, 5) is 14.8. The maximum Gasteiger partial charge on any atom is 0.165 e. The molecule has 0 spiro atoms. The third-order valence-corrected chi connectivity index (χ3v) is 6.00. The van der Waals surface area contributed by atoms with Crippen molar-refractivity contribution in [2.24, 2.45) is 11.1 Å². The summed E-state index contributed by atoms with van der Waals surface area (Å²) in [6.45, 7) is 2.98. The monoisotopic (exact) mass is 428 g/mol. The number of rotatable bonds is 7. The molecule has 2 N–H and O–H groups in total. The second-order valence-electron chi connectivity index (χ2n) is 8.32. The highest BCUT2D eigenvalue weighted by molar-refractivity contribution is 5.99. The summed E-state index contributed by atoms with van der Waals surface area (Å²) in [5, 5.41) is 17.4. The van der Waals surface area contributed by atoms with Gasteiger partial charge in [-0.1, -0.05) is 11.2 Å². The Kier molecular flexibility index (Phi) is 6.77. The minimum atomic E-state index is -0.371. The number of ether oxygens (including phenoxy) is 1. The normalized spacial score (nSPS) is 23.4. The van der Waals surface area contributed by atoms with Crippen LogP contribution in [0, 0.1) is 18.7 Å². The van der Waals surface area contributed by atoms with E-state index in [1.807, 2.05) is 13.0 Å². The zero-order valence-electron chi connectivity index (χ0n) is 18.0. The van der Waals surface area contributed by atoms with Crippen LogP contribution < -0.4 is 10.1 Å².